The number of hydrogen-bond acceptors (Lipinski definition) is 8. The van der Waals surface area contributed by atoms with Gasteiger partial charge in [-0.1, -0.05) is 54.9 Å². The minimum Gasteiger partial charge on any atom is -0.379 e. The van der Waals surface area contributed by atoms with Gasteiger partial charge in [-0.15, -0.1) is 0 Å². The van der Waals surface area contributed by atoms with Gasteiger partial charge in [-0.3, -0.25) is 29.0 Å². The Kier molecular flexibility index (Phi) is 17.7. The second kappa shape index (κ2) is 19.5. The van der Waals surface area contributed by atoms with Gasteiger partial charge in [-0.25, -0.2) is 0 Å². The van der Waals surface area contributed by atoms with Crippen molar-refractivity contribution in [2.75, 3.05) is 62.7 Å². The van der Waals surface area contributed by atoms with Crippen LogP contribution in [0.4, 0.5) is 0 Å². The number of likely N-dealkylation sites (N-methyl/N-ethyl adjacent to an activating group) is 2. The van der Waals surface area contributed by atoms with E-state index < -0.39 is 30.2 Å². The zero-order chi connectivity index (χ0) is 35.5. The highest BCUT2D eigenvalue weighted by molar-refractivity contribution is 5.90. The summed E-state index contributed by atoms with van der Waals surface area (Å²) in [7, 11) is 12.4. The maximum Gasteiger partial charge on any atom is 0.245 e. The number of carbonyl (C=O) groups excluding carboxylic acids is 4. The van der Waals surface area contributed by atoms with Gasteiger partial charge < -0.3 is 29.9 Å². The van der Waals surface area contributed by atoms with Crippen molar-refractivity contribution in [3.63, 3.8) is 0 Å². The fourth-order valence-electron chi connectivity index (χ4n) is 6.81. The van der Waals surface area contributed by atoms with Gasteiger partial charge in [0.25, 0.3) is 0 Å². The van der Waals surface area contributed by atoms with Crippen LogP contribution >= 0.6 is 0 Å². The molecule has 0 aromatic carbocycles. The number of carbonyl (C=O) groups is 4. The van der Waals surface area contributed by atoms with Gasteiger partial charge >= 0.3 is 0 Å². The number of ether oxygens (including phenoxy) is 2. The van der Waals surface area contributed by atoms with Gasteiger partial charge in [-0.2, -0.15) is 0 Å². The fourth-order valence-corrected chi connectivity index (χ4v) is 6.81. The first-order valence-electron chi connectivity index (χ1n) is 17.0. The molecule has 4 amide bonds. The molecule has 0 aromatic heterocycles. The number of methoxy groups -OCH3 is 2. The molecule has 1 rings (SSSR count). The lowest BCUT2D eigenvalue weighted by Crippen LogP contribution is -2.59. The van der Waals surface area contributed by atoms with Crippen LogP contribution in [0.3, 0.4) is 0 Å². The third-order valence-corrected chi connectivity index (χ3v) is 9.52. The van der Waals surface area contributed by atoms with E-state index in [4.69, 9.17) is 9.47 Å². The molecule has 1 aliphatic rings. The van der Waals surface area contributed by atoms with Gasteiger partial charge in [0.2, 0.25) is 23.6 Å². The first-order chi connectivity index (χ1) is 21.4. The van der Waals surface area contributed by atoms with Crippen LogP contribution in [-0.2, 0) is 28.7 Å². The highest BCUT2D eigenvalue weighted by Crippen LogP contribution is 2.29. The van der Waals surface area contributed by atoms with E-state index in [0.29, 0.717) is 13.2 Å². The van der Waals surface area contributed by atoms with E-state index in [2.05, 4.69) is 24.5 Å². The number of nitrogens with one attached hydrogen (secondary N) is 2. The number of likely N-dealkylation sites (tertiary alicyclic amines) is 1. The Hall–Kier alpha value is -2.28. The molecule has 268 valence electrons. The molecule has 12 heteroatoms. The summed E-state index contributed by atoms with van der Waals surface area (Å²) < 4.78 is 11.8. The maximum atomic E-state index is 14.1. The Morgan fingerprint density at radius 2 is 1.50 bits per heavy atom. The molecule has 0 aliphatic carbocycles. The van der Waals surface area contributed by atoms with Gasteiger partial charge in [-0.05, 0) is 58.8 Å². The van der Waals surface area contributed by atoms with Gasteiger partial charge in [0, 0.05) is 27.8 Å². The maximum absolute atomic E-state index is 14.1. The minimum absolute atomic E-state index is 0.0157. The zero-order valence-electron chi connectivity index (χ0n) is 31.3. The molecule has 8 atom stereocenters. The summed E-state index contributed by atoms with van der Waals surface area (Å²) in [4.78, 5) is 61.6. The van der Waals surface area contributed by atoms with Crippen LogP contribution in [0, 0.1) is 23.7 Å². The highest BCUT2D eigenvalue weighted by atomic mass is 16.5. The summed E-state index contributed by atoms with van der Waals surface area (Å²) in [6.07, 6.45) is 1.35. The average Bonchev–Trinajstić information content (AvgIpc) is 3.46. The molecular weight excluding hydrogens is 588 g/mol. The summed E-state index contributed by atoms with van der Waals surface area (Å²) in [6, 6.07) is -1.76. The fraction of sp³-hybridized carbons (Fsp3) is 0.882. The van der Waals surface area contributed by atoms with Crippen molar-refractivity contribution in [2.24, 2.45) is 23.7 Å². The molecule has 12 nitrogen and oxygen atoms in total. The van der Waals surface area contributed by atoms with Crippen LogP contribution < -0.4 is 10.6 Å². The van der Waals surface area contributed by atoms with Crippen molar-refractivity contribution in [1.82, 2.24) is 30.2 Å². The summed E-state index contributed by atoms with van der Waals surface area (Å²) in [5.74, 6) is -1.13. The average molecular weight is 655 g/mol. The lowest BCUT2D eigenvalue weighted by Gasteiger charge is -2.41. The summed E-state index contributed by atoms with van der Waals surface area (Å²) in [5, 5.41) is 5.96. The zero-order valence-corrected chi connectivity index (χ0v) is 31.3. The molecule has 1 aliphatic heterocycles. The van der Waals surface area contributed by atoms with Gasteiger partial charge in [0.05, 0.1) is 49.3 Å². The topological polar surface area (TPSA) is 124 Å². The van der Waals surface area contributed by atoms with Crippen LogP contribution in [0.1, 0.15) is 74.1 Å². The normalized spacial score (nSPS) is 20.0. The number of rotatable bonds is 19. The van der Waals surface area contributed by atoms with E-state index >= 15 is 0 Å². The Morgan fingerprint density at radius 3 is 1.96 bits per heavy atom. The second-order valence-corrected chi connectivity index (χ2v) is 14.3. The van der Waals surface area contributed by atoms with Gasteiger partial charge in [0.15, 0.2) is 0 Å². The van der Waals surface area contributed by atoms with Crippen LogP contribution in [0.15, 0.2) is 0 Å². The Bertz CT molecular complexity index is 968. The Labute approximate surface area is 279 Å². The number of nitrogens with zero attached hydrogens (tertiary/aromatic N) is 4. The molecule has 4 unspecified atom stereocenters. The highest BCUT2D eigenvalue weighted by Gasteiger charge is 2.43. The lowest BCUT2D eigenvalue weighted by atomic mass is 9.89. The Balaban J connectivity index is 3.24. The largest absolute Gasteiger partial charge is 0.379 e. The summed E-state index contributed by atoms with van der Waals surface area (Å²) >= 11 is 0. The standard InChI is InChI=1S/C34H66N6O6/c1-15-23(6)30(39(12)34(44)28(21(2)3)36-33(43)29(22(4)5)38(10)11)26(45-13)19-27(41)40-18-16-17-25(40)31(46-14)24(7)32(42)35-20-37(8)9/h21-26,28-31H,15-20H2,1-14H3,(H,35,42)(H,36,43)/t23-,24+,25?,26+,28?,29?,30?,31+/m0/s1. The van der Waals surface area contributed by atoms with Crippen molar-refractivity contribution in [2.45, 2.75) is 111 Å². The van der Waals surface area contributed by atoms with E-state index in [-0.39, 0.29) is 59.9 Å². The van der Waals surface area contributed by atoms with E-state index in [0.717, 1.165) is 19.3 Å². The van der Waals surface area contributed by atoms with Crippen molar-refractivity contribution in [1.29, 1.82) is 0 Å². The van der Waals surface area contributed by atoms with Crippen LogP contribution in [0.5, 0.6) is 0 Å². The predicted octanol–water partition coefficient (Wildman–Crippen LogP) is 2.27. The molecule has 1 heterocycles. The minimum atomic E-state index is -0.732. The molecule has 1 fully saturated rings. The first-order valence-corrected chi connectivity index (χ1v) is 17.0. The van der Waals surface area contributed by atoms with Crippen molar-refractivity contribution >= 4 is 23.6 Å². The van der Waals surface area contributed by atoms with Crippen LogP contribution in [0.25, 0.3) is 0 Å². The summed E-state index contributed by atoms with van der Waals surface area (Å²) in [6.45, 7) is 14.8. The molecule has 46 heavy (non-hydrogen) atoms. The van der Waals surface area contributed by atoms with Crippen molar-refractivity contribution in [3.8, 4) is 0 Å². The molecule has 2 N–H and O–H groups in total. The van der Waals surface area contributed by atoms with E-state index in [1.807, 2.05) is 77.5 Å². The molecule has 0 aromatic rings. The predicted molar refractivity (Wildman–Crippen MR) is 182 cm³/mol. The molecule has 0 saturated carbocycles. The quantitative estimate of drug-likeness (QED) is 0.204. The van der Waals surface area contributed by atoms with Crippen molar-refractivity contribution in [3.05, 3.63) is 0 Å². The first kappa shape index (κ1) is 41.7. The van der Waals surface area contributed by atoms with Gasteiger partial charge in [0.1, 0.15) is 6.04 Å². The molecular formula is C34H66N6O6. The van der Waals surface area contributed by atoms with E-state index in [1.54, 1.807) is 26.2 Å². The lowest BCUT2D eigenvalue weighted by molar-refractivity contribution is -0.148. The molecule has 0 spiro atoms. The van der Waals surface area contributed by atoms with E-state index in [1.165, 1.54) is 0 Å². The number of hydrogen-bond donors (Lipinski definition) is 2. The molecule has 1 saturated heterocycles. The van der Waals surface area contributed by atoms with Crippen LogP contribution in [0.2, 0.25) is 0 Å². The second-order valence-electron chi connectivity index (χ2n) is 14.3. The SMILES string of the molecule is CC[C@H](C)C([C@@H](CC(=O)N1CCCC1[C@H](OC)[C@@H](C)C(=O)NCN(C)C)OC)N(C)C(=O)C(NC(=O)C(C(C)C)N(C)C)C(C)C. The third-order valence-electron chi connectivity index (χ3n) is 9.52. The van der Waals surface area contributed by atoms with Crippen molar-refractivity contribution < 1.29 is 28.7 Å². The monoisotopic (exact) mass is 655 g/mol. The van der Waals surface area contributed by atoms with E-state index in [9.17, 15) is 19.2 Å². The Morgan fingerprint density at radius 1 is 0.891 bits per heavy atom. The smallest absolute Gasteiger partial charge is 0.245 e. The summed E-state index contributed by atoms with van der Waals surface area (Å²) in [5.41, 5.74) is 0. The molecule has 0 bridgehead atoms. The third kappa shape index (κ3) is 11.2. The van der Waals surface area contributed by atoms with Crippen LogP contribution in [-0.4, -0.2) is 142 Å². The molecule has 0 radical (unpaired) electrons. The number of amides is 4.